The number of aromatic nitrogens is 3. The van der Waals surface area contributed by atoms with E-state index in [1.54, 1.807) is 23.3 Å². The molecule has 1 amide bonds. The molecule has 0 aliphatic carbocycles. The van der Waals surface area contributed by atoms with Gasteiger partial charge in [0.05, 0.1) is 16.9 Å². The third-order valence-electron chi connectivity index (χ3n) is 3.87. The number of aryl methyl sites for hydroxylation is 1. The second-order valence-electron chi connectivity index (χ2n) is 5.49. The molecule has 1 aliphatic heterocycles. The van der Waals surface area contributed by atoms with Crippen LogP contribution in [0.25, 0.3) is 0 Å². The van der Waals surface area contributed by atoms with Gasteiger partial charge in [-0.25, -0.2) is 4.98 Å². The van der Waals surface area contributed by atoms with Crippen molar-refractivity contribution in [1.29, 1.82) is 0 Å². The summed E-state index contributed by atoms with van der Waals surface area (Å²) < 4.78 is 1.67. The highest BCUT2D eigenvalue weighted by atomic mass is 35.5. The Labute approximate surface area is 134 Å². The summed E-state index contributed by atoms with van der Waals surface area (Å²) in [7, 11) is 1.83. The number of halogens is 1. The van der Waals surface area contributed by atoms with Crippen molar-refractivity contribution in [3.63, 3.8) is 0 Å². The predicted molar refractivity (Wildman–Crippen MR) is 86.0 cm³/mol. The summed E-state index contributed by atoms with van der Waals surface area (Å²) in [6.07, 6.45) is 6.74. The molecule has 1 saturated heterocycles. The zero-order valence-corrected chi connectivity index (χ0v) is 13.1. The average molecular weight is 320 g/mol. The second-order valence-corrected chi connectivity index (χ2v) is 5.92. The van der Waals surface area contributed by atoms with Crippen molar-refractivity contribution in [2.75, 3.05) is 23.3 Å². The van der Waals surface area contributed by atoms with Crippen LogP contribution in [0.4, 0.5) is 11.5 Å². The molecule has 22 heavy (non-hydrogen) atoms. The Morgan fingerprint density at radius 2 is 2.09 bits per heavy atom. The first-order valence-corrected chi connectivity index (χ1v) is 7.65. The van der Waals surface area contributed by atoms with Crippen LogP contribution in [0.15, 0.2) is 30.7 Å². The topological polar surface area (TPSA) is 63.1 Å². The maximum atomic E-state index is 12.3. The third-order valence-corrected chi connectivity index (χ3v) is 4.10. The summed E-state index contributed by atoms with van der Waals surface area (Å²) in [4.78, 5) is 18.8. The van der Waals surface area contributed by atoms with Gasteiger partial charge in [0.25, 0.3) is 0 Å². The minimum Gasteiger partial charge on any atom is -0.357 e. The first-order chi connectivity index (χ1) is 10.6. The molecular weight excluding hydrogens is 302 g/mol. The molecule has 0 radical (unpaired) electrons. The number of nitrogens with zero attached hydrogens (tertiary/aromatic N) is 4. The van der Waals surface area contributed by atoms with Crippen LogP contribution in [0.3, 0.4) is 0 Å². The molecule has 0 aromatic carbocycles. The van der Waals surface area contributed by atoms with Crippen LogP contribution in [-0.4, -0.2) is 33.8 Å². The number of pyridine rings is 1. The average Bonchev–Trinajstić information content (AvgIpc) is 2.93. The smallest absolute Gasteiger partial charge is 0.227 e. The highest BCUT2D eigenvalue weighted by Gasteiger charge is 2.25. The van der Waals surface area contributed by atoms with E-state index in [9.17, 15) is 4.79 Å². The van der Waals surface area contributed by atoms with Crippen LogP contribution in [0.5, 0.6) is 0 Å². The van der Waals surface area contributed by atoms with Gasteiger partial charge in [-0.3, -0.25) is 9.48 Å². The van der Waals surface area contributed by atoms with Crippen LogP contribution in [-0.2, 0) is 11.8 Å². The summed E-state index contributed by atoms with van der Waals surface area (Å²) in [6, 6.07) is 3.75. The molecule has 3 heterocycles. The largest absolute Gasteiger partial charge is 0.357 e. The Kier molecular flexibility index (Phi) is 4.29. The lowest BCUT2D eigenvalue weighted by Gasteiger charge is -2.32. The summed E-state index contributed by atoms with van der Waals surface area (Å²) in [5, 5.41) is 7.60. The fourth-order valence-corrected chi connectivity index (χ4v) is 2.77. The number of piperidine rings is 1. The number of anilines is 2. The quantitative estimate of drug-likeness (QED) is 0.943. The van der Waals surface area contributed by atoms with E-state index in [1.165, 1.54) is 0 Å². The lowest BCUT2D eigenvalue weighted by atomic mass is 9.96. The van der Waals surface area contributed by atoms with Crippen LogP contribution < -0.4 is 10.2 Å². The van der Waals surface area contributed by atoms with Gasteiger partial charge in [0.1, 0.15) is 5.82 Å². The lowest BCUT2D eigenvalue weighted by Crippen LogP contribution is -2.38. The van der Waals surface area contributed by atoms with Gasteiger partial charge in [0.15, 0.2) is 0 Å². The monoisotopic (exact) mass is 319 g/mol. The van der Waals surface area contributed by atoms with Crippen molar-refractivity contribution in [3.05, 3.63) is 35.7 Å². The summed E-state index contributed by atoms with van der Waals surface area (Å²) in [5.74, 6) is 1.01. The maximum absolute atomic E-state index is 12.3. The fourth-order valence-electron chi connectivity index (χ4n) is 2.66. The minimum absolute atomic E-state index is 0.0313. The molecule has 2 aromatic heterocycles. The highest BCUT2D eigenvalue weighted by molar-refractivity contribution is 6.30. The fraction of sp³-hybridized carbons (Fsp3) is 0.400. The van der Waals surface area contributed by atoms with E-state index in [0.29, 0.717) is 5.02 Å². The predicted octanol–water partition coefficient (Wildman–Crippen LogP) is 2.32. The van der Waals surface area contributed by atoms with E-state index < -0.39 is 0 Å². The summed E-state index contributed by atoms with van der Waals surface area (Å²) >= 11 is 5.85. The lowest BCUT2D eigenvalue weighted by molar-refractivity contribution is -0.120. The molecule has 0 bridgehead atoms. The molecule has 0 atom stereocenters. The van der Waals surface area contributed by atoms with Gasteiger partial charge in [0.2, 0.25) is 5.91 Å². The third kappa shape index (κ3) is 3.39. The molecule has 2 aromatic rings. The van der Waals surface area contributed by atoms with E-state index in [1.807, 2.05) is 19.2 Å². The number of nitrogens with one attached hydrogen (secondary N) is 1. The zero-order valence-electron chi connectivity index (χ0n) is 12.4. The van der Waals surface area contributed by atoms with Crippen LogP contribution in [0.1, 0.15) is 12.8 Å². The van der Waals surface area contributed by atoms with E-state index in [-0.39, 0.29) is 11.8 Å². The molecule has 6 nitrogen and oxygen atoms in total. The Balaban J connectivity index is 1.54. The molecule has 0 unspecified atom stereocenters. The number of carbonyl (C=O) groups excluding carboxylic acids is 1. The Bertz CT molecular complexity index is 646. The minimum atomic E-state index is 0.0313. The van der Waals surface area contributed by atoms with Crippen LogP contribution in [0, 0.1) is 5.92 Å². The standard InChI is InChI=1S/C15H18ClN5O/c1-20-10-13(9-18-20)19-15(22)11-4-6-21(7-5-11)14-3-2-12(16)8-17-14/h2-3,8-11H,4-7H2,1H3,(H,19,22). The van der Waals surface area contributed by atoms with Crippen molar-refractivity contribution < 1.29 is 4.79 Å². The van der Waals surface area contributed by atoms with Crippen molar-refractivity contribution >= 4 is 29.0 Å². The summed E-state index contributed by atoms with van der Waals surface area (Å²) in [5.41, 5.74) is 0.745. The number of carbonyl (C=O) groups is 1. The number of hydrogen-bond acceptors (Lipinski definition) is 4. The molecule has 1 aliphatic rings. The molecule has 0 saturated carbocycles. The van der Waals surface area contributed by atoms with E-state index in [4.69, 9.17) is 11.6 Å². The van der Waals surface area contributed by atoms with Crippen molar-refractivity contribution in [1.82, 2.24) is 14.8 Å². The number of rotatable bonds is 3. The van der Waals surface area contributed by atoms with Crippen molar-refractivity contribution in [2.24, 2.45) is 13.0 Å². The van der Waals surface area contributed by atoms with Crippen LogP contribution in [0.2, 0.25) is 5.02 Å². The molecule has 1 fully saturated rings. The first kappa shape index (κ1) is 14.8. The molecule has 0 spiro atoms. The Morgan fingerprint density at radius 1 is 1.32 bits per heavy atom. The van der Waals surface area contributed by atoms with Gasteiger partial charge >= 0.3 is 0 Å². The highest BCUT2D eigenvalue weighted by Crippen LogP contribution is 2.23. The second kappa shape index (κ2) is 6.36. The normalized spacial score (nSPS) is 15.8. The Morgan fingerprint density at radius 3 is 2.68 bits per heavy atom. The Hall–Kier alpha value is -2.08. The van der Waals surface area contributed by atoms with E-state index in [2.05, 4.69) is 20.3 Å². The molecular formula is C15H18ClN5O. The van der Waals surface area contributed by atoms with Crippen molar-refractivity contribution in [3.8, 4) is 0 Å². The van der Waals surface area contributed by atoms with Gasteiger partial charge in [-0.05, 0) is 25.0 Å². The number of hydrogen-bond donors (Lipinski definition) is 1. The van der Waals surface area contributed by atoms with Gasteiger partial charge in [-0.15, -0.1) is 0 Å². The number of amides is 1. The van der Waals surface area contributed by atoms with Crippen molar-refractivity contribution in [2.45, 2.75) is 12.8 Å². The van der Waals surface area contributed by atoms with Crippen LogP contribution >= 0.6 is 11.6 Å². The van der Waals surface area contributed by atoms with E-state index in [0.717, 1.165) is 37.4 Å². The molecule has 1 N–H and O–H groups in total. The zero-order chi connectivity index (χ0) is 15.5. The summed E-state index contributed by atoms with van der Waals surface area (Å²) in [6.45, 7) is 1.64. The van der Waals surface area contributed by atoms with Gasteiger partial charge in [-0.1, -0.05) is 11.6 Å². The van der Waals surface area contributed by atoms with Gasteiger partial charge in [0, 0.05) is 38.4 Å². The maximum Gasteiger partial charge on any atom is 0.227 e. The van der Waals surface area contributed by atoms with Gasteiger partial charge < -0.3 is 10.2 Å². The SMILES string of the molecule is Cn1cc(NC(=O)C2CCN(c3ccc(Cl)cn3)CC2)cn1. The van der Waals surface area contributed by atoms with E-state index >= 15 is 0 Å². The first-order valence-electron chi connectivity index (χ1n) is 7.28. The van der Waals surface area contributed by atoms with Gasteiger partial charge in [-0.2, -0.15) is 5.10 Å². The molecule has 7 heteroatoms. The molecule has 3 rings (SSSR count). The molecule has 116 valence electrons.